The van der Waals surface area contributed by atoms with E-state index in [9.17, 15) is 18.3 Å². The van der Waals surface area contributed by atoms with Crippen molar-refractivity contribution in [3.63, 3.8) is 0 Å². The molecule has 1 radical (unpaired) electrons. The van der Waals surface area contributed by atoms with Crippen LogP contribution in [0.3, 0.4) is 0 Å². The molecule has 1 aromatic rings. The molecule has 0 saturated carbocycles. The Hall–Kier alpha value is -0.550. The summed E-state index contributed by atoms with van der Waals surface area (Å²) in [5, 5.41) is 10.9. The van der Waals surface area contributed by atoms with Crippen molar-refractivity contribution < 1.29 is 18.3 Å². The average Bonchev–Trinajstić information content (AvgIpc) is 2.07. The van der Waals surface area contributed by atoms with Gasteiger partial charge in [0.1, 0.15) is 0 Å². The maximum atomic E-state index is 12.0. The highest BCUT2D eigenvalue weighted by atomic mass is 79.9. The Kier molecular flexibility index (Phi) is 3.21. The fraction of sp³-hybridized carbons (Fsp3) is 0.333. The van der Waals surface area contributed by atoms with Crippen molar-refractivity contribution in [1.29, 1.82) is 0 Å². The number of rotatable bonds is 1. The highest BCUT2D eigenvalue weighted by Gasteiger charge is 2.41. The Morgan fingerprint density at radius 1 is 1.36 bits per heavy atom. The molecule has 77 valence electrons. The average molecular weight is 268 g/mol. The summed E-state index contributed by atoms with van der Waals surface area (Å²) in [5.74, 6) is 0. The second kappa shape index (κ2) is 3.90. The molecule has 0 bridgehead atoms. The number of hydrogen-bond acceptors (Lipinski definition) is 0. The van der Waals surface area contributed by atoms with Gasteiger partial charge in [0.25, 0.3) is 0 Å². The molecule has 1 nitrogen and oxygen atoms in total. The lowest BCUT2D eigenvalue weighted by atomic mass is 10.1. The van der Waals surface area contributed by atoms with Crippen LogP contribution in [0, 0.1) is 6.92 Å². The molecule has 5 heteroatoms. The summed E-state index contributed by atoms with van der Waals surface area (Å²) in [7, 11) is 0. The molecule has 0 fully saturated rings. The summed E-state index contributed by atoms with van der Waals surface area (Å²) < 4.78 is 36.8. The third kappa shape index (κ3) is 2.48. The minimum Gasteiger partial charge on any atom is -0.218 e. The van der Waals surface area contributed by atoms with Gasteiger partial charge in [-0.2, -0.15) is 13.2 Å². The van der Waals surface area contributed by atoms with Crippen LogP contribution >= 0.6 is 15.9 Å². The van der Waals surface area contributed by atoms with E-state index in [-0.39, 0.29) is 5.56 Å². The number of alkyl halides is 3. The van der Waals surface area contributed by atoms with Crippen LogP contribution in [0.2, 0.25) is 0 Å². The smallest absolute Gasteiger partial charge is 0.218 e. The van der Waals surface area contributed by atoms with Crippen molar-refractivity contribution in [2.75, 3.05) is 0 Å². The Labute approximate surface area is 87.7 Å². The highest BCUT2D eigenvalue weighted by molar-refractivity contribution is 9.10. The molecule has 1 rings (SSSR count). The molecule has 0 heterocycles. The number of hydrogen-bond donors (Lipinski definition) is 0. The van der Waals surface area contributed by atoms with Gasteiger partial charge >= 0.3 is 6.18 Å². The molecule has 0 aliphatic heterocycles. The highest BCUT2D eigenvalue weighted by Crippen LogP contribution is 2.34. The fourth-order valence-electron chi connectivity index (χ4n) is 1.02. The standard InChI is InChI=1S/C9H7BrF3O/c1-5-4-6(2-3-7(5)10)8(14)9(11,12)13/h2-4,8H,1H3. The Balaban J connectivity index is 3.03. The first kappa shape index (κ1) is 11.5. The van der Waals surface area contributed by atoms with Crippen LogP contribution in [0.25, 0.3) is 0 Å². The van der Waals surface area contributed by atoms with Gasteiger partial charge in [-0.1, -0.05) is 28.1 Å². The molecule has 0 saturated heterocycles. The van der Waals surface area contributed by atoms with E-state index in [1.54, 1.807) is 6.92 Å². The minimum atomic E-state index is -4.72. The summed E-state index contributed by atoms with van der Waals surface area (Å²) in [6.45, 7) is 1.64. The van der Waals surface area contributed by atoms with Gasteiger partial charge in [0.2, 0.25) is 6.10 Å². The topological polar surface area (TPSA) is 19.9 Å². The van der Waals surface area contributed by atoms with Crippen LogP contribution < -0.4 is 0 Å². The van der Waals surface area contributed by atoms with Crippen LogP contribution in [0.15, 0.2) is 22.7 Å². The maximum Gasteiger partial charge on any atom is 0.422 e. The van der Waals surface area contributed by atoms with E-state index < -0.39 is 12.3 Å². The lowest BCUT2D eigenvalue weighted by Crippen LogP contribution is -2.19. The van der Waals surface area contributed by atoms with Crippen molar-refractivity contribution in [3.05, 3.63) is 33.8 Å². The van der Waals surface area contributed by atoms with E-state index in [1.807, 2.05) is 0 Å². The van der Waals surface area contributed by atoms with Crippen LogP contribution in [-0.2, 0) is 5.11 Å². The maximum absolute atomic E-state index is 12.0. The van der Waals surface area contributed by atoms with E-state index in [1.165, 1.54) is 18.2 Å². The second-order valence-electron chi connectivity index (χ2n) is 2.93. The van der Waals surface area contributed by atoms with E-state index in [2.05, 4.69) is 15.9 Å². The second-order valence-corrected chi connectivity index (χ2v) is 3.78. The lowest BCUT2D eigenvalue weighted by Gasteiger charge is -2.13. The summed E-state index contributed by atoms with van der Waals surface area (Å²) in [4.78, 5) is 0. The molecule has 1 unspecified atom stereocenters. The normalized spacial score (nSPS) is 14.1. The quantitative estimate of drug-likeness (QED) is 0.738. The van der Waals surface area contributed by atoms with Gasteiger partial charge in [0.05, 0.1) is 0 Å². The predicted octanol–water partition coefficient (Wildman–Crippen LogP) is 3.79. The third-order valence-corrected chi connectivity index (χ3v) is 2.67. The summed E-state index contributed by atoms with van der Waals surface area (Å²) in [6.07, 6.45) is -7.38. The number of aryl methyl sites for hydroxylation is 1. The zero-order chi connectivity index (χ0) is 10.9. The molecule has 0 spiro atoms. The van der Waals surface area contributed by atoms with Crippen molar-refractivity contribution in [2.24, 2.45) is 0 Å². The largest absolute Gasteiger partial charge is 0.422 e. The molecule has 0 aliphatic rings. The van der Waals surface area contributed by atoms with Crippen molar-refractivity contribution in [1.82, 2.24) is 0 Å². The third-order valence-electron chi connectivity index (χ3n) is 1.78. The van der Waals surface area contributed by atoms with E-state index in [0.717, 1.165) is 0 Å². The first-order chi connectivity index (χ1) is 6.32. The van der Waals surface area contributed by atoms with Gasteiger partial charge in [-0.15, -0.1) is 0 Å². The van der Waals surface area contributed by atoms with Crippen LogP contribution in [0.5, 0.6) is 0 Å². The fourth-order valence-corrected chi connectivity index (χ4v) is 1.27. The summed E-state index contributed by atoms with van der Waals surface area (Å²) in [5.41, 5.74) is 0.366. The van der Waals surface area contributed by atoms with Gasteiger partial charge in [-0.3, -0.25) is 0 Å². The van der Waals surface area contributed by atoms with Crippen LogP contribution in [-0.4, -0.2) is 6.18 Å². The monoisotopic (exact) mass is 267 g/mol. The summed E-state index contributed by atoms with van der Waals surface area (Å²) in [6, 6.07) is 3.87. The zero-order valence-corrected chi connectivity index (χ0v) is 8.82. The lowest BCUT2D eigenvalue weighted by molar-refractivity contribution is -0.225. The molecule has 0 amide bonds. The molecule has 1 aromatic carbocycles. The first-order valence-corrected chi connectivity index (χ1v) is 4.60. The van der Waals surface area contributed by atoms with Crippen LogP contribution in [0.4, 0.5) is 13.2 Å². The van der Waals surface area contributed by atoms with Gasteiger partial charge in [0.15, 0.2) is 0 Å². The van der Waals surface area contributed by atoms with Crippen molar-refractivity contribution >= 4 is 15.9 Å². The molecular formula is C9H7BrF3O. The Morgan fingerprint density at radius 2 is 1.93 bits per heavy atom. The number of benzene rings is 1. The predicted molar refractivity (Wildman–Crippen MR) is 48.4 cm³/mol. The Morgan fingerprint density at radius 3 is 2.36 bits per heavy atom. The molecule has 1 atom stereocenters. The molecule has 0 aromatic heterocycles. The van der Waals surface area contributed by atoms with E-state index in [0.29, 0.717) is 10.0 Å². The first-order valence-electron chi connectivity index (χ1n) is 3.81. The van der Waals surface area contributed by atoms with Crippen molar-refractivity contribution in [2.45, 2.75) is 19.2 Å². The number of halogens is 4. The van der Waals surface area contributed by atoms with Crippen LogP contribution in [0.1, 0.15) is 17.2 Å². The molecular weight excluding hydrogens is 261 g/mol. The van der Waals surface area contributed by atoms with Gasteiger partial charge in [-0.05, 0) is 24.1 Å². The van der Waals surface area contributed by atoms with E-state index in [4.69, 9.17) is 0 Å². The van der Waals surface area contributed by atoms with E-state index >= 15 is 0 Å². The minimum absolute atomic E-state index is 0.252. The van der Waals surface area contributed by atoms with Gasteiger partial charge < -0.3 is 0 Å². The van der Waals surface area contributed by atoms with Gasteiger partial charge in [-0.25, -0.2) is 5.11 Å². The zero-order valence-electron chi connectivity index (χ0n) is 7.23. The summed E-state index contributed by atoms with van der Waals surface area (Å²) >= 11 is 3.15. The van der Waals surface area contributed by atoms with Crippen molar-refractivity contribution in [3.8, 4) is 0 Å². The SMILES string of the molecule is Cc1cc(C([O])C(F)(F)F)ccc1Br. The molecule has 14 heavy (non-hydrogen) atoms. The molecule has 0 N–H and O–H groups in total. The molecule has 0 aliphatic carbocycles. The Bertz CT molecular complexity index is 335. The van der Waals surface area contributed by atoms with Gasteiger partial charge in [0, 0.05) is 4.47 Å².